The van der Waals surface area contributed by atoms with Crippen LogP contribution in [0.15, 0.2) is 4.52 Å². The maximum absolute atomic E-state index is 12.0. The molecule has 0 radical (unpaired) electrons. The molecule has 1 atom stereocenters. The predicted octanol–water partition coefficient (Wildman–Crippen LogP) is 2.02. The van der Waals surface area contributed by atoms with Crippen molar-refractivity contribution in [3.05, 3.63) is 11.7 Å². The van der Waals surface area contributed by atoms with E-state index in [1.165, 1.54) is 0 Å². The molecule has 0 aliphatic carbocycles. The lowest BCUT2D eigenvalue weighted by Gasteiger charge is -2.03. The molecule has 0 saturated heterocycles. The fourth-order valence-corrected chi connectivity index (χ4v) is 1.27. The van der Waals surface area contributed by atoms with Crippen LogP contribution in [0.5, 0.6) is 0 Å². The Labute approximate surface area is 91.0 Å². The molecule has 16 heavy (non-hydrogen) atoms. The van der Waals surface area contributed by atoms with E-state index >= 15 is 0 Å². The second kappa shape index (κ2) is 5.29. The average molecular weight is 237 g/mol. The SMILES string of the molecule is CC(CCCN)c1nc(CC(F)(F)F)no1. The van der Waals surface area contributed by atoms with E-state index in [0.29, 0.717) is 6.54 Å². The topological polar surface area (TPSA) is 64.9 Å². The van der Waals surface area contributed by atoms with E-state index in [1.54, 1.807) is 0 Å². The van der Waals surface area contributed by atoms with Gasteiger partial charge >= 0.3 is 6.18 Å². The molecule has 0 saturated carbocycles. The van der Waals surface area contributed by atoms with Crippen LogP contribution in [0.4, 0.5) is 13.2 Å². The molecule has 1 unspecified atom stereocenters. The quantitative estimate of drug-likeness (QED) is 0.850. The number of hydrogen-bond donors (Lipinski definition) is 1. The zero-order valence-corrected chi connectivity index (χ0v) is 8.92. The van der Waals surface area contributed by atoms with E-state index in [1.807, 2.05) is 6.92 Å². The van der Waals surface area contributed by atoms with Gasteiger partial charge in [0.05, 0.1) is 0 Å². The lowest BCUT2D eigenvalue weighted by Crippen LogP contribution is -2.12. The van der Waals surface area contributed by atoms with Gasteiger partial charge in [-0.15, -0.1) is 0 Å². The van der Waals surface area contributed by atoms with E-state index in [9.17, 15) is 13.2 Å². The van der Waals surface area contributed by atoms with Crippen molar-refractivity contribution in [2.24, 2.45) is 5.73 Å². The largest absolute Gasteiger partial charge is 0.396 e. The van der Waals surface area contributed by atoms with Crippen molar-refractivity contribution in [1.82, 2.24) is 10.1 Å². The van der Waals surface area contributed by atoms with E-state index in [0.717, 1.165) is 12.8 Å². The molecule has 0 fully saturated rings. The standard InChI is InChI=1S/C9H14F3N3O/c1-6(3-2-4-13)8-14-7(15-16-8)5-9(10,11)12/h6H,2-5,13H2,1H3. The van der Waals surface area contributed by atoms with Crippen LogP contribution in [-0.2, 0) is 6.42 Å². The molecule has 0 amide bonds. The van der Waals surface area contributed by atoms with Gasteiger partial charge in [0.1, 0.15) is 6.42 Å². The summed E-state index contributed by atoms with van der Waals surface area (Å²) in [5.41, 5.74) is 5.33. The van der Waals surface area contributed by atoms with Crippen molar-refractivity contribution < 1.29 is 17.7 Å². The second-order valence-electron chi connectivity index (χ2n) is 3.67. The van der Waals surface area contributed by atoms with Crippen molar-refractivity contribution in [2.75, 3.05) is 6.54 Å². The molecule has 0 spiro atoms. The molecule has 0 aromatic carbocycles. The van der Waals surface area contributed by atoms with Crippen LogP contribution >= 0.6 is 0 Å². The fraction of sp³-hybridized carbons (Fsp3) is 0.778. The van der Waals surface area contributed by atoms with Crippen molar-refractivity contribution in [3.63, 3.8) is 0 Å². The monoisotopic (exact) mass is 237 g/mol. The van der Waals surface area contributed by atoms with Gasteiger partial charge in [0, 0.05) is 5.92 Å². The number of nitrogens with two attached hydrogens (primary N) is 1. The Balaban J connectivity index is 2.57. The summed E-state index contributed by atoms with van der Waals surface area (Å²) in [5, 5.41) is 3.29. The van der Waals surface area contributed by atoms with E-state index in [-0.39, 0.29) is 17.6 Å². The fourth-order valence-electron chi connectivity index (χ4n) is 1.27. The minimum absolute atomic E-state index is 0.0574. The molecule has 1 heterocycles. The smallest absolute Gasteiger partial charge is 0.339 e. The Morgan fingerprint density at radius 2 is 2.12 bits per heavy atom. The van der Waals surface area contributed by atoms with Gasteiger partial charge in [0.25, 0.3) is 0 Å². The molecule has 0 aliphatic rings. The van der Waals surface area contributed by atoms with Crippen molar-refractivity contribution in [1.29, 1.82) is 0 Å². The van der Waals surface area contributed by atoms with Gasteiger partial charge in [-0.3, -0.25) is 0 Å². The van der Waals surface area contributed by atoms with Crippen LogP contribution in [-0.4, -0.2) is 22.9 Å². The van der Waals surface area contributed by atoms with Crippen molar-refractivity contribution in [2.45, 2.75) is 38.3 Å². The molecule has 92 valence electrons. The minimum Gasteiger partial charge on any atom is -0.339 e. The first-order valence-electron chi connectivity index (χ1n) is 5.01. The third-order valence-corrected chi connectivity index (χ3v) is 2.11. The lowest BCUT2D eigenvalue weighted by atomic mass is 10.1. The van der Waals surface area contributed by atoms with E-state index in [2.05, 4.69) is 10.1 Å². The summed E-state index contributed by atoms with van der Waals surface area (Å²) in [5.74, 6) is -0.132. The molecule has 2 N–H and O–H groups in total. The Hall–Kier alpha value is -1.11. The van der Waals surface area contributed by atoms with Crippen LogP contribution in [0.1, 0.15) is 37.4 Å². The van der Waals surface area contributed by atoms with Gasteiger partial charge < -0.3 is 10.3 Å². The zero-order chi connectivity index (χ0) is 12.2. The maximum atomic E-state index is 12.0. The Kier molecular flexibility index (Phi) is 4.28. The van der Waals surface area contributed by atoms with Gasteiger partial charge in [-0.1, -0.05) is 12.1 Å². The second-order valence-corrected chi connectivity index (χ2v) is 3.67. The molecule has 7 heteroatoms. The van der Waals surface area contributed by atoms with Crippen LogP contribution in [0, 0.1) is 0 Å². The molecule has 4 nitrogen and oxygen atoms in total. The first-order chi connectivity index (χ1) is 7.42. The molecule has 0 bridgehead atoms. The number of hydrogen-bond acceptors (Lipinski definition) is 4. The third-order valence-electron chi connectivity index (χ3n) is 2.11. The van der Waals surface area contributed by atoms with Crippen LogP contribution < -0.4 is 5.73 Å². The average Bonchev–Trinajstić information content (AvgIpc) is 2.59. The summed E-state index contributed by atoms with van der Waals surface area (Å²) in [7, 11) is 0. The van der Waals surface area contributed by atoms with Crippen molar-refractivity contribution in [3.8, 4) is 0 Å². The van der Waals surface area contributed by atoms with Gasteiger partial charge in [-0.25, -0.2) is 0 Å². The highest BCUT2D eigenvalue weighted by Gasteiger charge is 2.30. The van der Waals surface area contributed by atoms with Gasteiger partial charge in [-0.2, -0.15) is 18.2 Å². The third kappa shape index (κ3) is 4.18. The predicted molar refractivity (Wildman–Crippen MR) is 50.8 cm³/mol. The Bertz CT molecular complexity index is 324. The molecule has 1 rings (SSSR count). The number of rotatable bonds is 5. The highest BCUT2D eigenvalue weighted by molar-refractivity contribution is 4.93. The summed E-state index contributed by atoms with van der Waals surface area (Å²) in [6, 6.07) is 0. The Morgan fingerprint density at radius 3 is 2.69 bits per heavy atom. The van der Waals surface area contributed by atoms with Gasteiger partial charge in [0.2, 0.25) is 5.89 Å². The first kappa shape index (κ1) is 13.0. The number of aromatic nitrogens is 2. The molecule has 1 aromatic rings. The summed E-state index contributed by atoms with van der Waals surface area (Å²) in [4.78, 5) is 3.71. The molecular formula is C9H14F3N3O. The highest BCUT2D eigenvalue weighted by atomic mass is 19.4. The van der Waals surface area contributed by atoms with E-state index < -0.39 is 12.6 Å². The first-order valence-corrected chi connectivity index (χ1v) is 5.01. The normalized spacial score (nSPS) is 14.1. The number of alkyl halides is 3. The highest BCUT2D eigenvalue weighted by Crippen LogP contribution is 2.22. The summed E-state index contributed by atoms with van der Waals surface area (Å²) < 4.78 is 40.8. The molecular weight excluding hydrogens is 223 g/mol. The van der Waals surface area contributed by atoms with Crippen molar-refractivity contribution >= 4 is 0 Å². The van der Waals surface area contributed by atoms with Gasteiger partial charge in [-0.05, 0) is 19.4 Å². The minimum atomic E-state index is -4.30. The Morgan fingerprint density at radius 1 is 1.44 bits per heavy atom. The number of nitrogens with zero attached hydrogens (tertiary/aromatic N) is 2. The lowest BCUT2D eigenvalue weighted by molar-refractivity contribution is -0.128. The number of halogens is 3. The van der Waals surface area contributed by atoms with E-state index in [4.69, 9.17) is 10.3 Å². The van der Waals surface area contributed by atoms with Gasteiger partial charge in [0.15, 0.2) is 5.82 Å². The summed E-state index contributed by atoms with van der Waals surface area (Å²) in [6.45, 7) is 2.36. The van der Waals surface area contributed by atoms with Crippen LogP contribution in [0.3, 0.4) is 0 Å². The molecule has 0 aliphatic heterocycles. The maximum Gasteiger partial charge on any atom is 0.396 e. The van der Waals surface area contributed by atoms with Crippen LogP contribution in [0.25, 0.3) is 0 Å². The van der Waals surface area contributed by atoms with Crippen LogP contribution in [0.2, 0.25) is 0 Å². The summed E-state index contributed by atoms with van der Waals surface area (Å²) in [6.07, 6.45) is -3.95. The molecule has 1 aromatic heterocycles. The summed E-state index contributed by atoms with van der Waals surface area (Å²) >= 11 is 0. The zero-order valence-electron chi connectivity index (χ0n) is 8.92.